The molecule has 0 saturated carbocycles. The molecule has 1 heterocycles. The Morgan fingerprint density at radius 3 is 2.75 bits per heavy atom. The Labute approximate surface area is 117 Å². The van der Waals surface area contributed by atoms with Crippen LogP contribution in [0.25, 0.3) is 10.9 Å². The largest absolute Gasteiger partial charge is 0.358 e. The number of carbonyl (C=O) groups excluding carboxylic acids is 1. The number of para-hydroxylation sites is 1. The fourth-order valence-electron chi connectivity index (χ4n) is 1.95. The van der Waals surface area contributed by atoms with Crippen molar-refractivity contribution in [3.63, 3.8) is 0 Å². The van der Waals surface area contributed by atoms with Gasteiger partial charge < -0.3 is 10.2 Å². The number of carbonyl (C=O) groups is 1. The van der Waals surface area contributed by atoms with Gasteiger partial charge in [0.2, 0.25) is 11.9 Å². The summed E-state index contributed by atoms with van der Waals surface area (Å²) in [5.41, 5.74) is 3.23. The Hall–Kier alpha value is -2.41. The molecule has 0 spiro atoms. The standard InChI is InChI=1S/C13H18N6O/c1-3-19(8-11(20)15-2)12-9-6-4-5-7-10(9)16-13(17-12)18-14/h4-7H,3,8,14H2,1-2H3,(H,15,20)(H,16,17,18). The lowest BCUT2D eigenvalue weighted by Crippen LogP contribution is -2.36. The predicted octanol–water partition coefficient (Wildman–Crippen LogP) is 0.488. The van der Waals surface area contributed by atoms with Crippen molar-refractivity contribution in [3.05, 3.63) is 24.3 Å². The first kappa shape index (κ1) is 14.0. The van der Waals surface area contributed by atoms with E-state index in [1.165, 1.54) is 0 Å². The van der Waals surface area contributed by atoms with E-state index < -0.39 is 0 Å². The summed E-state index contributed by atoms with van der Waals surface area (Å²) in [7, 11) is 1.61. The fraction of sp³-hybridized carbons (Fsp3) is 0.308. The number of likely N-dealkylation sites (N-methyl/N-ethyl adjacent to an activating group) is 2. The molecule has 2 rings (SSSR count). The molecule has 0 fully saturated rings. The van der Waals surface area contributed by atoms with Gasteiger partial charge in [0, 0.05) is 19.0 Å². The predicted molar refractivity (Wildman–Crippen MR) is 79.3 cm³/mol. The fourth-order valence-corrected chi connectivity index (χ4v) is 1.95. The molecule has 0 aliphatic heterocycles. The van der Waals surface area contributed by atoms with Crippen molar-refractivity contribution in [2.45, 2.75) is 6.92 Å². The van der Waals surface area contributed by atoms with Crippen LogP contribution >= 0.6 is 0 Å². The van der Waals surface area contributed by atoms with Crippen LogP contribution in [-0.4, -0.2) is 36.0 Å². The summed E-state index contributed by atoms with van der Waals surface area (Å²) in [4.78, 5) is 22.2. The number of nitrogens with two attached hydrogens (primary N) is 1. The molecule has 2 aromatic rings. The average Bonchev–Trinajstić information content (AvgIpc) is 2.51. The van der Waals surface area contributed by atoms with E-state index in [4.69, 9.17) is 5.84 Å². The normalized spacial score (nSPS) is 10.3. The number of amides is 1. The third-order valence-electron chi connectivity index (χ3n) is 3.01. The van der Waals surface area contributed by atoms with E-state index in [-0.39, 0.29) is 12.5 Å². The van der Waals surface area contributed by atoms with Crippen molar-refractivity contribution in [1.82, 2.24) is 15.3 Å². The van der Waals surface area contributed by atoms with Gasteiger partial charge in [-0.1, -0.05) is 12.1 Å². The molecule has 0 aliphatic rings. The van der Waals surface area contributed by atoms with E-state index in [0.717, 1.165) is 10.9 Å². The van der Waals surface area contributed by atoms with Gasteiger partial charge in [-0.05, 0) is 19.1 Å². The summed E-state index contributed by atoms with van der Waals surface area (Å²) < 4.78 is 0. The highest BCUT2D eigenvalue weighted by molar-refractivity contribution is 5.92. The molecule has 20 heavy (non-hydrogen) atoms. The summed E-state index contributed by atoms with van der Waals surface area (Å²) in [6.07, 6.45) is 0. The molecule has 1 aromatic heterocycles. The zero-order valence-corrected chi connectivity index (χ0v) is 11.6. The number of benzene rings is 1. The molecular weight excluding hydrogens is 256 g/mol. The second-order valence-electron chi connectivity index (χ2n) is 4.22. The van der Waals surface area contributed by atoms with Crippen LogP contribution < -0.4 is 21.5 Å². The maximum atomic E-state index is 11.6. The minimum atomic E-state index is -0.0724. The molecule has 0 aliphatic carbocycles. The van der Waals surface area contributed by atoms with Gasteiger partial charge in [-0.25, -0.2) is 10.8 Å². The quantitative estimate of drug-likeness (QED) is 0.542. The third kappa shape index (κ3) is 2.77. The first-order chi connectivity index (χ1) is 9.69. The number of nitrogens with one attached hydrogen (secondary N) is 2. The highest BCUT2D eigenvalue weighted by atomic mass is 16.1. The number of nitrogen functional groups attached to an aromatic ring is 1. The molecule has 1 amide bonds. The molecule has 0 radical (unpaired) electrons. The van der Waals surface area contributed by atoms with E-state index in [9.17, 15) is 4.79 Å². The molecule has 7 heteroatoms. The Kier molecular flexibility index (Phi) is 4.31. The van der Waals surface area contributed by atoms with Crippen molar-refractivity contribution < 1.29 is 4.79 Å². The molecule has 1 aromatic carbocycles. The highest BCUT2D eigenvalue weighted by Crippen LogP contribution is 2.24. The van der Waals surface area contributed by atoms with E-state index in [1.807, 2.05) is 36.1 Å². The van der Waals surface area contributed by atoms with Gasteiger partial charge in [0.25, 0.3) is 0 Å². The van der Waals surface area contributed by atoms with Gasteiger partial charge in [-0.2, -0.15) is 4.98 Å². The van der Waals surface area contributed by atoms with Crippen LogP contribution in [0.3, 0.4) is 0 Å². The first-order valence-corrected chi connectivity index (χ1v) is 6.38. The van der Waals surface area contributed by atoms with Gasteiger partial charge in [-0.15, -0.1) is 0 Å². The van der Waals surface area contributed by atoms with Crippen LogP contribution in [0.15, 0.2) is 24.3 Å². The van der Waals surface area contributed by atoms with Crippen LogP contribution in [0.2, 0.25) is 0 Å². The van der Waals surface area contributed by atoms with Crippen molar-refractivity contribution in [2.75, 3.05) is 30.5 Å². The van der Waals surface area contributed by atoms with Crippen LogP contribution in [0.4, 0.5) is 11.8 Å². The lowest BCUT2D eigenvalue weighted by molar-refractivity contribution is -0.119. The molecule has 106 valence electrons. The van der Waals surface area contributed by atoms with Gasteiger partial charge in [0.15, 0.2) is 0 Å². The maximum Gasteiger partial charge on any atom is 0.239 e. The third-order valence-corrected chi connectivity index (χ3v) is 3.01. The van der Waals surface area contributed by atoms with Gasteiger partial charge in [0.05, 0.1) is 12.1 Å². The van der Waals surface area contributed by atoms with Crippen molar-refractivity contribution in [2.24, 2.45) is 5.84 Å². The first-order valence-electron chi connectivity index (χ1n) is 6.38. The van der Waals surface area contributed by atoms with Crippen LogP contribution in [0.5, 0.6) is 0 Å². The minimum absolute atomic E-state index is 0.0724. The van der Waals surface area contributed by atoms with Crippen molar-refractivity contribution in [3.8, 4) is 0 Å². The summed E-state index contributed by atoms with van der Waals surface area (Å²) in [5, 5.41) is 3.50. The summed E-state index contributed by atoms with van der Waals surface area (Å²) in [6.45, 7) is 2.85. The number of anilines is 2. The average molecular weight is 274 g/mol. The number of fused-ring (bicyclic) bond motifs is 1. The van der Waals surface area contributed by atoms with Gasteiger partial charge in [0.1, 0.15) is 5.82 Å². The van der Waals surface area contributed by atoms with Gasteiger partial charge >= 0.3 is 0 Å². The summed E-state index contributed by atoms with van der Waals surface area (Å²) >= 11 is 0. The molecular formula is C13H18N6O. The van der Waals surface area contributed by atoms with Crippen molar-refractivity contribution >= 4 is 28.6 Å². The molecule has 0 unspecified atom stereocenters. The van der Waals surface area contributed by atoms with E-state index in [0.29, 0.717) is 18.3 Å². The molecule has 0 saturated heterocycles. The zero-order chi connectivity index (χ0) is 14.5. The number of hydrazine groups is 1. The summed E-state index contributed by atoms with van der Waals surface area (Å²) in [6, 6.07) is 7.62. The smallest absolute Gasteiger partial charge is 0.239 e. The van der Waals surface area contributed by atoms with Crippen LogP contribution in [0.1, 0.15) is 6.92 Å². The minimum Gasteiger partial charge on any atom is -0.358 e. The number of rotatable bonds is 5. The Balaban J connectivity index is 2.52. The molecule has 7 nitrogen and oxygen atoms in total. The second-order valence-corrected chi connectivity index (χ2v) is 4.22. The number of nitrogens with zero attached hydrogens (tertiary/aromatic N) is 3. The lowest BCUT2D eigenvalue weighted by atomic mass is 10.2. The van der Waals surface area contributed by atoms with E-state index in [1.54, 1.807) is 7.05 Å². The van der Waals surface area contributed by atoms with E-state index in [2.05, 4.69) is 20.7 Å². The molecule has 4 N–H and O–H groups in total. The van der Waals surface area contributed by atoms with Crippen molar-refractivity contribution in [1.29, 1.82) is 0 Å². The maximum absolute atomic E-state index is 11.6. The van der Waals surface area contributed by atoms with Gasteiger partial charge in [-0.3, -0.25) is 10.2 Å². The molecule has 0 bridgehead atoms. The number of hydrogen-bond acceptors (Lipinski definition) is 6. The van der Waals surface area contributed by atoms with E-state index >= 15 is 0 Å². The zero-order valence-electron chi connectivity index (χ0n) is 11.6. The topological polar surface area (TPSA) is 96.2 Å². The summed E-state index contributed by atoms with van der Waals surface area (Å²) in [5.74, 6) is 6.35. The Bertz CT molecular complexity index is 615. The second kappa shape index (κ2) is 6.16. The van der Waals surface area contributed by atoms with Crippen LogP contribution in [-0.2, 0) is 4.79 Å². The Morgan fingerprint density at radius 2 is 2.10 bits per heavy atom. The van der Waals surface area contributed by atoms with Crippen LogP contribution in [0, 0.1) is 0 Å². The SMILES string of the molecule is CCN(CC(=O)NC)c1nc(NN)nc2ccccc12. The monoisotopic (exact) mass is 274 g/mol. The molecule has 0 atom stereocenters. The Morgan fingerprint density at radius 1 is 1.35 bits per heavy atom. The number of aromatic nitrogens is 2. The number of hydrogen-bond donors (Lipinski definition) is 3. The highest BCUT2D eigenvalue weighted by Gasteiger charge is 2.15. The lowest BCUT2D eigenvalue weighted by Gasteiger charge is -2.22.